The molecule has 13 aromatic rings. The summed E-state index contributed by atoms with van der Waals surface area (Å²) in [6, 6.07) is 88.8. The number of benzene rings is 11. The van der Waals surface area contributed by atoms with E-state index in [-0.39, 0.29) is 0 Å². The van der Waals surface area contributed by atoms with Gasteiger partial charge in [-0.15, -0.1) is 22.7 Å². The zero-order valence-corrected chi connectivity index (χ0v) is 37.4. The predicted molar refractivity (Wildman–Crippen MR) is 287 cm³/mol. The van der Waals surface area contributed by atoms with E-state index in [1.807, 2.05) is 22.7 Å². The molecular weight excluding hydrogens is 837 g/mol. The van der Waals surface area contributed by atoms with Gasteiger partial charge in [-0.05, 0) is 82.9 Å². The minimum atomic E-state index is 1.10. The molecule has 0 amide bonds. The van der Waals surface area contributed by atoms with Gasteiger partial charge in [-0.3, -0.25) is 0 Å². The maximum absolute atomic E-state index is 2.45. The molecule has 0 saturated carbocycles. The van der Waals surface area contributed by atoms with Gasteiger partial charge in [0.1, 0.15) is 0 Å². The Morgan fingerprint density at radius 3 is 0.909 bits per heavy atom. The average Bonchev–Trinajstić information content (AvgIpc) is 3.97. The molecule has 2 heterocycles. The third-order valence-corrected chi connectivity index (χ3v) is 15.5. The maximum Gasteiger partial charge on any atom is 0.0619 e. The highest BCUT2D eigenvalue weighted by molar-refractivity contribution is 7.26. The first-order valence-electron chi connectivity index (χ1n) is 22.4. The van der Waals surface area contributed by atoms with Crippen LogP contribution in [0.3, 0.4) is 0 Å². The van der Waals surface area contributed by atoms with E-state index in [0.29, 0.717) is 0 Å². The fraction of sp³-hybridized carbons (Fsp3) is 0. The molecule has 0 spiro atoms. The highest BCUT2D eigenvalue weighted by atomic mass is 32.1. The summed E-state index contributed by atoms with van der Waals surface area (Å²) in [5.74, 6) is 0. The van der Waals surface area contributed by atoms with Crippen LogP contribution in [0.15, 0.2) is 243 Å². The van der Waals surface area contributed by atoms with Gasteiger partial charge in [0.15, 0.2) is 0 Å². The third kappa shape index (κ3) is 6.29. The molecule has 0 N–H and O–H groups in total. The van der Waals surface area contributed by atoms with E-state index in [2.05, 4.69) is 252 Å². The highest BCUT2D eigenvalue weighted by Crippen LogP contribution is 2.52. The van der Waals surface area contributed by atoms with Crippen LogP contribution in [-0.4, -0.2) is 0 Å². The van der Waals surface area contributed by atoms with Crippen LogP contribution in [0.1, 0.15) is 0 Å². The third-order valence-electron chi connectivity index (χ3n) is 13.0. The van der Waals surface area contributed by atoms with Crippen LogP contribution in [-0.2, 0) is 0 Å². The summed E-state index contributed by atoms with van der Waals surface area (Å²) < 4.78 is 5.28. The molecule has 0 aliphatic rings. The van der Waals surface area contributed by atoms with Crippen molar-refractivity contribution < 1.29 is 0 Å². The van der Waals surface area contributed by atoms with Crippen molar-refractivity contribution in [1.29, 1.82) is 0 Å². The Morgan fingerprint density at radius 2 is 0.530 bits per heavy atom. The van der Waals surface area contributed by atoms with Crippen molar-refractivity contribution in [3.63, 3.8) is 0 Å². The fourth-order valence-corrected chi connectivity index (χ4v) is 12.5. The Labute approximate surface area is 391 Å². The molecule has 0 aliphatic heterocycles. The molecule has 310 valence electrons. The normalized spacial score (nSPS) is 11.6. The first kappa shape index (κ1) is 38.4. The van der Waals surface area contributed by atoms with Crippen LogP contribution in [0.2, 0.25) is 0 Å². The number of nitrogens with zero attached hydrogens (tertiary/aromatic N) is 2. The minimum absolute atomic E-state index is 1.10. The predicted octanol–water partition coefficient (Wildman–Crippen LogP) is 19.0. The van der Waals surface area contributed by atoms with Crippen molar-refractivity contribution in [3.05, 3.63) is 243 Å². The first-order valence-corrected chi connectivity index (χ1v) is 24.1. The van der Waals surface area contributed by atoms with Crippen molar-refractivity contribution >= 4 is 119 Å². The van der Waals surface area contributed by atoms with Crippen LogP contribution in [0, 0.1) is 0 Å². The van der Waals surface area contributed by atoms with Gasteiger partial charge in [0.25, 0.3) is 0 Å². The SMILES string of the molecule is c1ccc(N(c2ccc(-c3cccc4c3sc3ccccc34)cc2)c2c3ccccc3c(N(c3ccccc3)c3ccc(-c4cccc5c4sc4ccccc45)cc3)c3ccccc23)cc1. The van der Waals surface area contributed by atoms with Crippen LogP contribution in [0.25, 0.3) is 84.1 Å². The lowest BCUT2D eigenvalue weighted by molar-refractivity contribution is 1.29. The van der Waals surface area contributed by atoms with Crippen molar-refractivity contribution in [3.8, 4) is 22.3 Å². The van der Waals surface area contributed by atoms with Gasteiger partial charge in [-0.2, -0.15) is 0 Å². The number of anilines is 6. The number of fused-ring (bicyclic) bond motifs is 8. The molecular formula is C62H40N2S2. The lowest BCUT2D eigenvalue weighted by atomic mass is 9.95. The molecule has 4 heteroatoms. The van der Waals surface area contributed by atoms with E-state index in [1.165, 1.54) is 84.1 Å². The van der Waals surface area contributed by atoms with E-state index >= 15 is 0 Å². The standard InChI is InChI=1S/C62H40N2S2/c1-3-17-43(18-4-1)63(45-37-33-41(34-38-45)47-27-15-29-55-49-21-11-13-31-57(49)65-61(47)55)59-51-23-7-9-25-53(51)60(54-26-10-8-24-52(54)59)64(44-19-5-2-6-20-44)46-39-35-42(36-40-46)48-28-16-30-56-50-22-12-14-32-58(50)66-62(48)56/h1-40H. The van der Waals surface area contributed by atoms with Gasteiger partial charge < -0.3 is 9.80 Å². The second-order valence-electron chi connectivity index (χ2n) is 16.8. The molecule has 66 heavy (non-hydrogen) atoms. The van der Waals surface area contributed by atoms with Gasteiger partial charge in [-0.1, -0.05) is 182 Å². The Kier molecular flexibility index (Phi) is 9.26. The fourth-order valence-electron chi connectivity index (χ4n) is 10.1. The molecule has 0 saturated heterocycles. The summed E-state index contributed by atoms with van der Waals surface area (Å²) in [4.78, 5) is 4.91. The van der Waals surface area contributed by atoms with Gasteiger partial charge in [-0.25, -0.2) is 0 Å². The monoisotopic (exact) mass is 876 g/mol. The number of thiophene rings is 2. The van der Waals surface area contributed by atoms with Gasteiger partial charge in [0.05, 0.1) is 11.4 Å². The van der Waals surface area contributed by atoms with Gasteiger partial charge in [0.2, 0.25) is 0 Å². The minimum Gasteiger partial charge on any atom is -0.309 e. The first-order chi connectivity index (χ1) is 32.8. The summed E-state index contributed by atoms with van der Waals surface area (Å²) >= 11 is 3.75. The summed E-state index contributed by atoms with van der Waals surface area (Å²) in [7, 11) is 0. The summed E-state index contributed by atoms with van der Waals surface area (Å²) in [6.45, 7) is 0. The van der Waals surface area contributed by atoms with E-state index in [0.717, 1.165) is 34.1 Å². The van der Waals surface area contributed by atoms with Gasteiger partial charge in [0, 0.05) is 84.6 Å². The Morgan fingerprint density at radius 1 is 0.227 bits per heavy atom. The average molecular weight is 877 g/mol. The molecule has 2 nitrogen and oxygen atoms in total. The largest absolute Gasteiger partial charge is 0.309 e. The summed E-state index contributed by atoms with van der Waals surface area (Å²) in [5.41, 5.74) is 11.6. The molecule has 13 rings (SSSR count). The second-order valence-corrected chi connectivity index (χ2v) is 18.9. The molecule has 0 unspecified atom stereocenters. The number of para-hydroxylation sites is 2. The molecule has 0 bridgehead atoms. The molecule has 0 fully saturated rings. The number of hydrogen-bond donors (Lipinski definition) is 0. The Bertz CT molecular complexity index is 3610. The molecule has 0 atom stereocenters. The zero-order chi connectivity index (χ0) is 43.6. The quantitative estimate of drug-likeness (QED) is 0.111. The highest BCUT2D eigenvalue weighted by Gasteiger charge is 2.26. The van der Waals surface area contributed by atoms with E-state index < -0.39 is 0 Å². The van der Waals surface area contributed by atoms with Crippen LogP contribution < -0.4 is 9.80 Å². The molecule has 2 aromatic heterocycles. The smallest absolute Gasteiger partial charge is 0.0619 e. The summed E-state index contributed by atoms with van der Waals surface area (Å²) in [5, 5.41) is 9.93. The van der Waals surface area contributed by atoms with Crippen molar-refractivity contribution in [2.75, 3.05) is 9.80 Å². The lowest BCUT2D eigenvalue weighted by Gasteiger charge is -2.33. The second kappa shape index (κ2) is 15.9. The molecule has 0 aliphatic carbocycles. The Balaban J connectivity index is 0.987. The number of hydrogen-bond acceptors (Lipinski definition) is 4. The Hall–Kier alpha value is -8.02. The van der Waals surface area contributed by atoms with E-state index in [4.69, 9.17) is 0 Å². The zero-order valence-electron chi connectivity index (χ0n) is 35.8. The molecule has 0 radical (unpaired) electrons. The van der Waals surface area contributed by atoms with Crippen LogP contribution >= 0.6 is 22.7 Å². The van der Waals surface area contributed by atoms with Crippen molar-refractivity contribution in [2.24, 2.45) is 0 Å². The summed E-state index contributed by atoms with van der Waals surface area (Å²) in [6.07, 6.45) is 0. The van der Waals surface area contributed by atoms with Crippen LogP contribution in [0.5, 0.6) is 0 Å². The van der Waals surface area contributed by atoms with Crippen molar-refractivity contribution in [1.82, 2.24) is 0 Å². The van der Waals surface area contributed by atoms with E-state index in [1.54, 1.807) is 0 Å². The lowest BCUT2D eigenvalue weighted by Crippen LogP contribution is -2.14. The van der Waals surface area contributed by atoms with E-state index in [9.17, 15) is 0 Å². The van der Waals surface area contributed by atoms with Crippen molar-refractivity contribution in [2.45, 2.75) is 0 Å². The van der Waals surface area contributed by atoms with Gasteiger partial charge >= 0.3 is 0 Å². The topological polar surface area (TPSA) is 6.48 Å². The maximum atomic E-state index is 2.45. The van der Waals surface area contributed by atoms with Crippen LogP contribution in [0.4, 0.5) is 34.1 Å². The number of rotatable bonds is 8. The molecule has 11 aromatic carbocycles.